The van der Waals surface area contributed by atoms with Gasteiger partial charge in [-0.05, 0) is 39.7 Å². The average Bonchev–Trinajstić information content (AvgIpc) is 2.45. The maximum Gasteiger partial charge on any atom is 0.314 e. The number of esters is 1. The van der Waals surface area contributed by atoms with Crippen molar-refractivity contribution in [3.63, 3.8) is 0 Å². The summed E-state index contributed by atoms with van der Waals surface area (Å²) in [5.74, 6) is -0.536. The van der Waals surface area contributed by atoms with Crippen molar-refractivity contribution in [2.75, 3.05) is 13.6 Å². The predicted molar refractivity (Wildman–Crippen MR) is 91.0 cm³/mol. The summed E-state index contributed by atoms with van der Waals surface area (Å²) in [7, 11) is 1.72. The first kappa shape index (κ1) is 21.4. The van der Waals surface area contributed by atoms with Gasteiger partial charge in [0.1, 0.15) is 5.76 Å². The van der Waals surface area contributed by atoms with Gasteiger partial charge in [-0.25, -0.2) is 0 Å². The minimum absolute atomic E-state index is 0.152. The normalized spacial score (nSPS) is 14.2. The molecule has 2 unspecified atom stereocenters. The summed E-state index contributed by atoms with van der Waals surface area (Å²) >= 11 is 0. The smallest absolute Gasteiger partial charge is 0.314 e. The van der Waals surface area contributed by atoms with Gasteiger partial charge in [-0.3, -0.25) is 9.59 Å². The molecule has 23 heavy (non-hydrogen) atoms. The lowest BCUT2D eigenvalue weighted by Gasteiger charge is -2.27. The minimum atomic E-state index is -0.896. The van der Waals surface area contributed by atoms with Gasteiger partial charge in [0.15, 0.2) is 6.10 Å². The van der Waals surface area contributed by atoms with Crippen molar-refractivity contribution in [3.05, 3.63) is 12.3 Å². The molecular formula is C17H32N2O4. The van der Waals surface area contributed by atoms with E-state index in [1.807, 2.05) is 20.8 Å². The molecule has 0 aromatic rings. The van der Waals surface area contributed by atoms with Crippen LogP contribution in [0.15, 0.2) is 12.3 Å². The molecule has 0 spiro atoms. The number of likely N-dealkylation sites (N-methyl/N-ethyl adjacent to an activating group) is 1. The van der Waals surface area contributed by atoms with Crippen molar-refractivity contribution in [3.8, 4) is 0 Å². The number of amides is 1. The molecular weight excluding hydrogens is 296 g/mol. The fraction of sp³-hybridized carbons (Fsp3) is 0.765. The van der Waals surface area contributed by atoms with Gasteiger partial charge >= 0.3 is 5.97 Å². The van der Waals surface area contributed by atoms with Gasteiger partial charge in [0, 0.05) is 6.54 Å². The zero-order valence-electron chi connectivity index (χ0n) is 15.2. The lowest BCUT2D eigenvalue weighted by molar-refractivity contribution is -0.159. The number of ether oxygens (including phenoxy) is 1. The van der Waals surface area contributed by atoms with Crippen molar-refractivity contribution < 1.29 is 19.4 Å². The molecule has 1 amide bonds. The van der Waals surface area contributed by atoms with Gasteiger partial charge in [0.2, 0.25) is 5.91 Å². The second-order valence-corrected chi connectivity index (χ2v) is 6.87. The van der Waals surface area contributed by atoms with E-state index >= 15 is 0 Å². The van der Waals surface area contributed by atoms with E-state index in [0.29, 0.717) is 12.8 Å². The zero-order chi connectivity index (χ0) is 18.2. The molecule has 0 bridgehead atoms. The molecule has 0 aliphatic carbocycles. The van der Waals surface area contributed by atoms with E-state index in [-0.39, 0.29) is 30.2 Å². The molecule has 0 aromatic heterocycles. The number of aliphatic hydroxyl groups is 1. The van der Waals surface area contributed by atoms with Crippen LogP contribution in [-0.2, 0) is 14.3 Å². The third-order valence-corrected chi connectivity index (χ3v) is 3.64. The standard InChI is InChI=1S/C17H32N2O4/c1-8-13(18-7)15(21)19-10-17(5,6)16(22)23-14(12(4)20)9-11(2)3/h11,13-14,18,20H,4,8-10H2,1-3,5-7H3,(H,19,21). The summed E-state index contributed by atoms with van der Waals surface area (Å²) in [6.45, 7) is 12.9. The summed E-state index contributed by atoms with van der Waals surface area (Å²) in [5, 5.41) is 15.3. The van der Waals surface area contributed by atoms with Crippen molar-refractivity contribution in [1.82, 2.24) is 10.6 Å². The van der Waals surface area contributed by atoms with E-state index in [4.69, 9.17) is 4.74 Å². The molecule has 0 saturated carbocycles. The molecule has 0 rings (SSSR count). The first-order valence-electron chi connectivity index (χ1n) is 8.08. The minimum Gasteiger partial charge on any atom is -0.509 e. The molecule has 0 heterocycles. The van der Waals surface area contributed by atoms with Crippen LogP contribution in [0.5, 0.6) is 0 Å². The summed E-state index contributed by atoms with van der Waals surface area (Å²) in [6, 6.07) is -0.285. The van der Waals surface area contributed by atoms with Crippen LogP contribution in [0.2, 0.25) is 0 Å². The number of carbonyl (C=O) groups is 2. The van der Waals surface area contributed by atoms with Crippen LogP contribution in [0.1, 0.15) is 47.5 Å². The number of hydrogen-bond donors (Lipinski definition) is 3. The fourth-order valence-corrected chi connectivity index (χ4v) is 1.99. The van der Waals surface area contributed by atoms with Crippen LogP contribution >= 0.6 is 0 Å². The van der Waals surface area contributed by atoms with Crippen LogP contribution < -0.4 is 10.6 Å². The second kappa shape index (κ2) is 9.55. The number of hydrogen-bond acceptors (Lipinski definition) is 5. The second-order valence-electron chi connectivity index (χ2n) is 6.87. The highest BCUT2D eigenvalue weighted by Crippen LogP contribution is 2.21. The lowest BCUT2D eigenvalue weighted by Crippen LogP contribution is -2.47. The van der Waals surface area contributed by atoms with E-state index < -0.39 is 17.5 Å². The average molecular weight is 328 g/mol. The maximum absolute atomic E-state index is 12.3. The summed E-state index contributed by atoms with van der Waals surface area (Å²) in [4.78, 5) is 24.3. The van der Waals surface area contributed by atoms with Crippen LogP contribution in [0.25, 0.3) is 0 Å². The highest BCUT2D eigenvalue weighted by atomic mass is 16.6. The molecule has 0 aromatic carbocycles. The lowest BCUT2D eigenvalue weighted by atomic mass is 9.93. The monoisotopic (exact) mass is 328 g/mol. The van der Waals surface area contributed by atoms with Gasteiger partial charge in [-0.2, -0.15) is 0 Å². The molecule has 0 radical (unpaired) electrons. The SMILES string of the molecule is C=C(O)C(CC(C)C)OC(=O)C(C)(C)CNC(=O)C(CC)NC. The molecule has 6 heteroatoms. The van der Waals surface area contributed by atoms with Crippen molar-refractivity contribution >= 4 is 11.9 Å². The first-order chi connectivity index (χ1) is 10.5. The van der Waals surface area contributed by atoms with Crippen LogP contribution in [0.3, 0.4) is 0 Å². The van der Waals surface area contributed by atoms with Gasteiger partial charge in [-0.1, -0.05) is 27.4 Å². The quantitative estimate of drug-likeness (QED) is 0.422. The first-order valence-corrected chi connectivity index (χ1v) is 8.08. The fourth-order valence-electron chi connectivity index (χ4n) is 1.99. The van der Waals surface area contributed by atoms with Gasteiger partial charge in [-0.15, -0.1) is 0 Å². The van der Waals surface area contributed by atoms with Gasteiger partial charge < -0.3 is 20.5 Å². The summed E-state index contributed by atoms with van der Waals surface area (Å²) < 4.78 is 5.38. The Hall–Kier alpha value is -1.56. The van der Waals surface area contributed by atoms with Crippen LogP contribution in [0, 0.1) is 11.3 Å². The largest absolute Gasteiger partial charge is 0.509 e. The molecule has 0 saturated heterocycles. The van der Waals surface area contributed by atoms with E-state index in [1.54, 1.807) is 20.9 Å². The van der Waals surface area contributed by atoms with Crippen LogP contribution in [-0.4, -0.2) is 42.7 Å². The number of carbonyl (C=O) groups excluding carboxylic acids is 2. The summed E-state index contributed by atoms with van der Waals surface area (Å²) in [6.07, 6.45) is 0.438. The molecule has 0 aliphatic heterocycles. The predicted octanol–water partition coefficient (Wildman–Crippen LogP) is 2.16. The molecule has 3 N–H and O–H groups in total. The maximum atomic E-state index is 12.3. The Bertz CT molecular complexity index is 415. The molecule has 2 atom stereocenters. The molecule has 134 valence electrons. The Morgan fingerprint density at radius 1 is 1.30 bits per heavy atom. The van der Waals surface area contributed by atoms with E-state index in [2.05, 4.69) is 17.2 Å². The topological polar surface area (TPSA) is 87.7 Å². The third kappa shape index (κ3) is 7.50. The Kier molecular flexibility index (Phi) is 8.90. The Balaban J connectivity index is 4.70. The van der Waals surface area contributed by atoms with Crippen LogP contribution in [0.4, 0.5) is 0 Å². The van der Waals surface area contributed by atoms with Gasteiger partial charge in [0.05, 0.1) is 11.5 Å². The Labute approximate surface area is 139 Å². The number of nitrogens with one attached hydrogen (secondary N) is 2. The molecule has 0 aliphatic rings. The molecule has 6 nitrogen and oxygen atoms in total. The van der Waals surface area contributed by atoms with E-state index in [1.165, 1.54) is 0 Å². The Morgan fingerprint density at radius 3 is 2.26 bits per heavy atom. The van der Waals surface area contributed by atoms with Crippen molar-refractivity contribution in [2.24, 2.45) is 11.3 Å². The van der Waals surface area contributed by atoms with Gasteiger partial charge in [0.25, 0.3) is 0 Å². The molecule has 0 fully saturated rings. The Morgan fingerprint density at radius 2 is 1.87 bits per heavy atom. The summed E-state index contributed by atoms with van der Waals surface area (Å²) in [5.41, 5.74) is -0.896. The van der Waals surface area contributed by atoms with E-state index in [9.17, 15) is 14.7 Å². The van der Waals surface area contributed by atoms with E-state index in [0.717, 1.165) is 0 Å². The zero-order valence-corrected chi connectivity index (χ0v) is 15.2. The number of aliphatic hydroxyl groups excluding tert-OH is 1. The highest BCUT2D eigenvalue weighted by Gasteiger charge is 2.33. The third-order valence-electron chi connectivity index (χ3n) is 3.64. The number of rotatable bonds is 10. The highest BCUT2D eigenvalue weighted by molar-refractivity contribution is 5.83. The van der Waals surface area contributed by atoms with Crippen molar-refractivity contribution in [1.29, 1.82) is 0 Å². The van der Waals surface area contributed by atoms with Crippen molar-refractivity contribution in [2.45, 2.75) is 59.6 Å².